The van der Waals surface area contributed by atoms with Crippen molar-refractivity contribution in [3.05, 3.63) is 134 Å². The smallest absolute Gasteiger partial charge is 0.319 e. The van der Waals surface area contributed by atoms with Crippen LogP contribution in [0.15, 0.2) is 96.2 Å². The van der Waals surface area contributed by atoms with Crippen molar-refractivity contribution in [3.8, 4) is 5.69 Å². The summed E-state index contributed by atoms with van der Waals surface area (Å²) in [6.07, 6.45) is 0.463. The van der Waals surface area contributed by atoms with Crippen molar-refractivity contribution >= 4 is 58.3 Å². The third-order valence-corrected chi connectivity index (χ3v) is 8.49. The lowest BCUT2D eigenvalue weighted by Crippen LogP contribution is -2.35. The molecular formula is C32H28Cl3N5OS. The average molecular weight is 637 g/mol. The molecule has 1 aromatic heterocycles. The van der Waals surface area contributed by atoms with Gasteiger partial charge in [0.25, 0.3) is 0 Å². The van der Waals surface area contributed by atoms with E-state index in [9.17, 15) is 4.79 Å². The van der Waals surface area contributed by atoms with Crippen molar-refractivity contribution in [3.63, 3.8) is 0 Å². The molecule has 0 saturated heterocycles. The van der Waals surface area contributed by atoms with E-state index in [0.29, 0.717) is 43.9 Å². The van der Waals surface area contributed by atoms with Crippen LogP contribution in [0, 0.1) is 13.8 Å². The molecule has 6 nitrogen and oxygen atoms in total. The third kappa shape index (κ3) is 7.28. The summed E-state index contributed by atoms with van der Waals surface area (Å²) in [4.78, 5) is 13.4. The highest BCUT2D eigenvalue weighted by Gasteiger charge is 2.26. The number of carbonyl (C=O) groups is 1. The Hall–Kier alpha value is -3.49. The molecule has 0 bridgehead atoms. The molecule has 0 saturated carbocycles. The van der Waals surface area contributed by atoms with Gasteiger partial charge in [0.1, 0.15) is 0 Å². The summed E-state index contributed by atoms with van der Waals surface area (Å²) in [6, 6.07) is 28.0. The van der Waals surface area contributed by atoms with E-state index in [1.54, 1.807) is 30.0 Å². The Morgan fingerprint density at radius 2 is 1.57 bits per heavy atom. The second kappa shape index (κ2) is 13.7. The van der Waals surface area contributed by atoms with Crippen LogP contribution in [0.4, 0.5) is 10.5 Å². The van der Waals surface area contributed by atoms with Crippen LogP contribution in [0.25, 0.3) is 5.69 Å². The van der Waals surface area contributed by atoms with Crippen LogP contribution in [-0.2, 0) is 12.2 Å². The topological polar surface area (TPSA) is 71.8 Å². The molecule has 5 aromatic rings. The van der Waals surface area contributed by atoms with Crippen molar-refractivity contribution in [1.82, 2.24) is 20.1 Å². The summed E-state index contributed by atoms with van der Waals surface area (Å²) >= 11 is 20.7. The molecule has 1 heterocycles. The lowest BCUT2D eigenvalue weighted by molar-refractivity contribution is 0.247. The zero-order valence-electron chi connectivity index (χ0n) is 22.9. The molecule has 0 fully saturated rings. The molecule has 42 heavy (non-hydrogen) atoms. The predicted molar refractivity (Wildman–Crippen MR) is 173 cm³/mol. The second-order valence-corrected chi connectivity index (χ2v) is 12.0. The summed E-state index contributed by atoms with van der Waals surface area (Å²) in [6.45, 7) is 4.08. The van der Waals surface area contributed by atoms with Crippen LogP contribution < -0.4 is 10.6 Å². The second-order valence-electron chi connectivity index (χ2n) is 9.82. The molecule has 0 spiro atoms. The van der Waals surface area contributed by atoms with Gasteiger partial charge in [-0.1, -0.05) is 119 Å². The molecule has 5 rings (SSSR count). The number of amides is 2. The molecule has 2 amide bonds. The predicted octanol–water partition coefficient (Wildman–Crippen LogP) is 9.24. The summed E-state index contributed by atoms with van der Waals surface area (Å²) in [5.41, 5.74) is 5.54. The van der Waals surface area contributed by atoms with Gasteiger partial charge in [0, 0.05) is 17.2 Å². The van der Waals surface area contributed by atoms with Crippen molar-refractivity contribution in [2.24, 2.45) is 0 Å². The van der Waals surface area contributed by atoms with Gasteiger partial charge >= 0.3 is 6.03 Å². The number of rotatable bonds is 9. The van der Waals surface area contributed by atoms with E-state index in [1.165, 1.54) is 11.1 Å². The molecule has 10 heteroatoms. The first-order valence-electron chi connectivity index (χ1n) is 13.2. The number of anilines is 1. The van der Waals surface area contributed by atoms with Crippen LogP contribution in [0.5, 0.6) is 0 Å². The first kappa shape index (κ1) is 30.0. The van der Waals surface area contributed by atoms with Gasteiger partial charge in [-0.15, -0.1) is 10.2 Å². The van der Waals surface area contributed by atoms with E-state index in [-0.39, 0.29) is 0 Å². The number of thioether (sulfide) groups is 1. The van der Waals surface area contributed by atoms with Gasteiger partial charge in [-0.2, -0.15) is 0 Å². The van der Waals surface area contributed by atoms with E-state index < -0.39 is 12.1 Å². The van der Waals surface area contributed by atoms with Gasteiger partial charge < -0.3 is 10.6 Å². The number of benzene rings is 4. The number of hydrogen-bond donors (Lipinski definition) is 2. The number of aryl methyl sites for hydroxylation is 2. The molecule has 4 aromatic carbocycles. The number of nitrogens with one attached hydrogen (secondary N) is 2. The Labute approximate surface area is 264 Å². The molecule has 1 unspecified atom stereocenters. The highest BCUT2D eigenvalue weighted by molar-refractivity contribution is 7.98. The molecular weight excluding hydrogens is 609 g/mol. The number of nitrogens with zero attached hydrogens (tertiary/aromatic N) is 3. The molecule has 1 atom stereocenters. The van der Waals surface area contributed by atoms with Gasteiger partial charge in [0.05, 0.1) is 27.5 Å². The van der Waals surface area contributed by atoms with Crippen molar-refractivity contribution in [2.75, 3.05) is 5.32 Å². The Morgan fingerprint density at radius 1 is 0.857 bits per heavy atom. The largest absolute Gasteiger partial charge is 0.327 e. The standard InChI is InChI=1S/C32H28Cl3N5OS/c1-20-8-6-11-23(16-20)19-42-32-39-38-30(40(32)28-18-24(33)15-14-21(28)2)27(17-22-9-4-3-5-10-22)36-31(41)37-29-25(34)12-7-13-26(29)35/h3-16,18,27H,17,19H2,1-2H3,(H2,36,37,41). The molecule has 214 valence electrons. The lowest BCUT2D eigenvalue weighted by Gasteiger charge is -2.22. The van der Waals surface area contributed by atoms with Gasteiger partial charge in [-0.25, -0.2) is 4.79 Å². The molecule has 2 N–H and O–H groups in total. The summed E-state index contributed by atoms with van der Waals surface area (Å²) in [7, 11) is 0. The zero-order valence-corrected chi connectivity index (χ0v) is 26.0. The monoisotopic (exact) mass is 635 g/mol. The summed E-state index contributed by atoms with van der Waals surface area (Å²) in [5.74, 6) is 1.26. The minimum absolute atomic E-state index is 0.332. The highest BCUT2D eigenvalue weighted by atomic mass is 35.5. The zero-order chi connectivity index (χ0) is 29.6. The van der Waals surface area contributed by atoms with Crippen molar-refractivity contribution < 1.29 is 4.79 Å². The number of aromatic nitrogens is 3. The SMILES string of the molecule is Cc1cccc(CSc2nnc(C(Cc3ccccc3)NC(=O)Nc3c(Cl)cccc3Cl)n2-c2cc(Cl)ccc2C)c1. The summed E-state index contributed by atoms with van der Waals surface area (Å²) in [5, 5.41) is 17.1. The fraction of sp³-hybridized carbons (Fsp3) is 0.156. The fourth-order valence-corrected chi connectivity index (χ4v) is 6.13. The first-order chi connectivity index (χ1) is 20.3. The minimum Gasteiger partial charge on any atom is -0.327 e. The Bertz CT molecular complexity index is 1690. The number of carbonyl (C=O) groups excluding carboxylic acids is 1. The Kier molecular flexibility index (Phi) is 9.75. The molecule has 0 aliphatic heterocycles. The van der Waals surface area contributed by atoms with Gasteiger partial charge in [-0.05, 0) is 54.8 Å². The maximum atomic E-state index is 13.4. The van der Waals surface area contributed by atoms with Crippen LogP contribution >= 0.6 is 46.6 Å². The quantitative estimate of drug-likeness (QED) is 0.158. The maximum Gasteiger partial charge on any atom is 0.319 e. The van der Waals surface area contributed by atoms with E-state index in [2.05, 4.69) is 46.0 Å². The van der Waals surface area contributed by atoms with E-state index in [1.807, 2.05) is 66.1 Å². The number of urea groups is 1. The van der Waals surface area contributed by atoms with Crippen molar-refractivity contribution in [1.29, 1.82) is 0 Å². The minimum atomic E-state index is -0.562. The van der Waals surface area contributed by atoms with Gasteiger partial charge in [-0.3, -0.25) is 4.57 Å². The van der Waals surface area contributed by atoms with Crippen LogP contribution in [0.3, 0.4) is 0 Å². The third-order valence-electron chi connectivity index (χ3n) is 6.62. The summed E-state index contributed by atoms with van der Waals surface area (Å²) < 4.78 is 1.98. The Balaban J connectivity index is 1.55. The maximum absolute atomic E-state index is 13.4. The van der Waals surface area contributed by atoms with Gasteiger partial charge in [0.15, 0.2) is 11.0 Å². The number of hydrogen-bond acceptors (Lipinski definition) is 4. The molecule has 0 aliphatic carbocycles. The van der Waals surface area contributed by atoms with Crippen LogP contribution in [0.1, 0.15) is 34.1 Å². The van der Waals surface area contributed by atoms with E-state index >= 15 is 0 Å². The fourth-order valence-electron chi connectivity index (χ4n) is 4.58. The first-order valence-corrected chi connectivity index (χ1v) is 15.4. The van der Waals surface area contributed by atoms with E-state index in [4.69, 9.17) is 34.8 Å². The number of para-hydroxylation sites is 1. The highest BCUT2D eigenvalue weighted by Crippen LogP contribution is 2.33. The van der Waals surface area contributed by atoms with Gasteiger partial charge in [0.2, 0.25) is 0 Å². The Morgan fingerprint density at radius 3 is 2.31 bits per heavy atom. The van der Waals surface area contributed by atoms with E-state index in [0.717, 1.165) is 16.8 Å². The van der Waals surface area contributed by atoms with Crippen LogP contribution in [-0.4, -0.2) is 20.8 Å². The van der Waals surface area contributed by atoms with Crippen molar-refractivity contribution in [2.45, 2.75) is 37.2 Å². The number of halogens is 3. The molecule has 0 aliphatic rings. The average Bonchev–Trinajstić information content (AvgIpc) is 3.39. The lowest BCUT2D eigenvalue weighted by atomic mass is 10.0. The van der Waals surface area contributed by atoms with Crippen LogP contribution in [0.2, 0.25) is 15.1 Å². The molecule has 0 radical (unpaired) electrons. The normalized spacial score (nSPS) is 11.7.